The summed E-state index contributed by atoms with van der Waals surface area (Å²) in [6, 6.07) is 11.9. The van der Waals surface area contributed by atoms with Crippen molar-refractivity contribution in [1.82, 2.24) is 10.2 Å². The van der Waals surface area contributed by atoms with Crippen LogP contribution in [0, 0.1) is 0 Å². The second kappa shape index (κ2) is 8.30. The van der Waals surface area contributed by atoms with Gasteiger partial charge in [0.15, 0.2) is 11.5 Å². The third kappa shape index (κ3) is 4.21. The Bertz CT molecular complexity index is 917. The van der Waals surface area contributed by atoms with Crippen LogP contribution < -0.4 is 24.8 Å². The quantitative estimate of drug-likeness (QED) is 0.810. The molecule has 0 saturated carbocycles. The lowest BCUT2D eigenvalue weighted by Gasteiger charge is -2.24. The number of nitrogens with one attached hydrogen (secondary N) is 2. The smallest absolute Gasteiger partial charge is 0.322 e. The molecule has 2 aliphatic rings. The van der Waals surface area contributed by atoms with E-state index in [-0.39, 0.29) is 18.7 Å². The number of hydrogen-bond donors (Lipinski definition) is 2. The Morgan fingerprint density at radius 3 is 2.90 bits per heavy atom. The minimum atomic E-state index is -0.491. The Morgan fingerprint density at radius 1 is 1.17 bits per heavy atom. The van der Waals surface area contributed by atoms with Gasteiger partial charge >= 0.3 is 6.03 Å². The number of urea groups is 1. The van der Waals surface area contributed by atoms with Crippen molar-refractivity contribution in [2.75, 3.05) is 25.8 Å². The number of rotatable bonds is 5. The molecule has 2 aromatic carbocycles. The highest BCUT2D eigenvalue weighted by Gasteiger charge is 2.34. The monoisotopic (exact) mass is 397 g/mol. The van der Waals surface area contributed by atoms with Crippen LogP contribution in [0.4, 0.5) is 10.5 Å². The Balaban J connectivity index is 1.35. The molecule has 2 aromatic rings. The number of methoxy groups -OCH3 is 1. The van der Waals surface area contributed by atoms with Gasteiger partial charge in [0.1, 0.15) is 11.8 Å². The predicted molar refractivity (Wildman–Crippen MR) is 106 cm³/mol. The molecule has 0 radical (unpaired) electrons. The van der Waals surface area contributed by atoms with E-state index in [1.165, 1.54) is 0 Å². The van der Waals surface area contributed by atoms with Gasteiger partial charge in [-0.3, -0.25) is 4.79 Å². The van der Waals surface area contributed by atoms with E-state index in [2.05, 4.69) is 10.6 Å². The van der Waals surface area contributed by atoms with E-state index >= 15 is 0 Å². The number of fused-ring (bicyclic) bond motifs is 1. The molecule has 29 heavy (non-hydrogen) atoms. The maximum Gasteiger partial charge on any atom is 0.322 e. The predicted octanol–water partition coefficient (Wildman–Crippen LogP) is 2.74. The second-order valence-electron chi connectivity index (χ2n) is 6.92. The fourth-order valence-electron chi connectivity index (χ4n) is 3.54. The van der Waals surface area contributed by atoms with Crippen LogP contribution in [0.15, 0.2) is 42.5 Å². The highest BCUT2D eigenvalue weighted by Crippen LogP contribution is 2.32. The average Bonchev–Trinajstić information content (AvgIpc) is 3.41. The summed E-state index contributed by atoms with van der Waals surface area (Å²) in [5.74, 6) is 1.87. The molecule has 1 fully saturated rings. The van der Waals surface area contributed by atoms with Crippen LogP contribution in [-0.4, -0.2) is 43.3 Å². The zero-order valence-electron chi connectivity index (χ0n) is 16.1. The van der Waals surface area contributed by atoms with Gasteiger partial charge in [-0.2, -0.15) is 0 Å². The number of hydrogen-bond acceptors (Lipinski definition) is 5. The number of carbonyl (C=O) groups is 2. The van der Waals surface area contributed by atoms with Crippen molar-refractivity contribution in [3.05, 3.63) is 48.0 Å². The zero-order chi connectivity index (χ0) is 20.2. The van der Waals surface area contributed by atoms with E-state index in [1.807, 2.05) is 18.2 Å². The molecule has 1 saturated heterocycles. The van der Waals surface area contributed by atoms with Gasteiger partial charge in [0.05, 0.1) is 7.11 Å². The van der Waals surface area contributed by atoms with E-state index in [0.29, 0.717) is 42.4 Å². The van der Waals surface area contributed by atoms with Crippen LogP contribution in [0.5, 0.6) is 17.2 Å². The van der Waals surface area contributed by atoms with Gasteiger partial charge in [0, 0.05) is 24.8 Å². The first-order valence-electron chi connectivity index (χ1n) is 9.52. The van der Waals surface area contributed by atoms with Crippen molar-refractivity contribution in [1.29, 1.82) is 0 Å². The highest BCUT2D eigenvalue weighted by molar-refractivity contribution is 5.94. The highest BCUT2D eigenvalue weighted by atomic mass is 16.7. The zero-order valence-corrected chi connectivity index (χ0v) is 16.1. The van der Waals surface area contributed by atoms with E-state index < -0.39 is 6.04 Å². The summed E-state index contributed by atoms with van der Waals surface area (Å²) in [6.07, 6.45) is 1.42. The van der Waals surface area contributed by atoms with Crippen molar-refractivity contribution in [2.45, 2.75) is 25.4 Å². The number of nitrogens with zero attached hydrogens (tertiary/aromatic N) is 1. The summed E-state index contributed by atoms with van der Waals surface area (Å²) in [6.45, 7) is 1.11. The molecule has 2 aliphatic heterocycles. The number of anilines is 1. The average molecular weight is 397 g/mol. The number of likely N-dealkylation sites (tertiary alicyclic amines) is 1. The van der Waals surface area contributed by atoms with Crippen LogP contribution in [-0.2, 0) is 11.3 Å². The number of ether oxygens (including phenoxy) is 3. The van der Waals surface area contributed by atoms with Gasteiger partial charge in [0.2, 0.25) is 12.7 Å². The van der Waals surface area contributed by atoms with Gasteiger partial charge in [-0.05, 0) is 42.7 Å². The molecule has 1 atom stereocenters. The molecule has 8 nitrogen and oxygen atoms in total. The van der Waals surface area contributed by atoms with Gasteiger partial charge in [-0.15, -0.1) is 0 Å². The minimum Gasteiger partial charge on any atom is -0.497 e. The van der Waals surface area contributed by atoms with E-state index in [4.69, 9.17) is 14.2 Å². The molecule has 152 valence electrons. The van der Waals surface area contributed by atoms with Crippen LogP contribution in [0.3, 0.4) is 0 Å². The fourth-order valence-corrected chi connectivity index (χ4v) is 3.54. The van der Waals surface area contributed by atoms with Gasteiger partial charge in [0.25, 0.3) is 0 Å². The summed E-state index contributed by atoms with van der Waals surface area (Å²) in [4.78, 5) is 27.0. The van der Waals surface area contributed by atoms with Crippen molar-refractivity contribution in [3.63, 3.8) is 0 Å². The third-order valence-electron chi connectivity index (χ3n) is 5.04. The van der Waals surface area contributed by atoms with E-state index in [1.54, 1.807) is 36.3 Å². The lowest BCUT2D eigenvalue weighted by Crippen LogP contribution is -2.47. The Kier molecular flexibility index (Phi) is 5.41. The first-order chi connectivity index (χ1) is 14.1. The van der Waals surface area contributed by atoms with Crippen molar-refractivity contribution >= 4 is 17.6 Å². The first kappa shape index (κ1) is 18.9. The number of carbonyl (C=O) groups excluding carboxylic acids is 2. The normalized spacial score (nSPS) is 17.1. The lowest BCUT2D eigenvalue weighted by atomic mass is 10.1. The molecule has 0 bridgehead atoms. The molecule has 0 aliphatic carbocycles. The maximum absolute atomic E-state index is 12.7. The third-order valence-corrected chi connectivity index (χ3v) is 5.04. The topological polar surface area (TPSA) is 89.1 Å². The molecule has 0 aromatic heterocycles. The number of amides is 3. The van der Waals surface area contributed by atoms with Gasteiger partial charge < -0.3 is 29.7 Å². The first-order valence-corrected chi connectivity index (χ1v) is 9.52. The lowest BCUT2D eigenvalue weighted by molar-refractivity contribution is -0.124. The minimum absolute atomic E-state index is 0.166. The largest absolute Gasteiger partial charge is 0.497 e. The maximum atomic E-state index is 12.7. The van der Waals surface area contributed by atoms with Crippen LogP contribution in [0.1, 0.15) is 18.4 Å². The van der Waals surface area contributed by atoms with Crippen LogP contribution in [0.2, 0.25) is 0 Å². The Hall–Kier alpha value is -3.42. The van der Waals surface area contributed by atoms with Crippen molar-refractivity contribution < 1.29 is 23.8 Å². The standard InChI is InChI=1S/C21H23N3O5/c1-27-16-5-2-4-15(11-16)23-21(26)24-9-3-6-17(24)20(25)22-12-14-7-8-18-19(10-14)29-13-28-18/h2,4-5,7-8,10-11,17H,3,6,9,12-13H2,1H3,(H,22,25)(H,23,26)/t17-/m1/s1. The molecular weight excluding hydrogens is 374 g/mol. The van der Waals surface area contributed by atoms with Gasteiger partial charge in [-0.1, -0.05) is 12.1 Å². The van der Waals surface area contributed by atoms with Crippen molar-refractivity contribution in [3.8, 4) is 17.2 Å². The fraction of sp³-hybridized carbons (Fsp3) is 0.333. The van der Waals surface area contributed by atoms with Gasteiger partial charge in [-0.25, -0.2) is 4.79 Å². The molecule has 4 rings (SSSR count). The summed E-state index contributed by atoms with van der Waals surface area (Å²) in [5.41, 5.74) is 1.54. The van der Waals surface area contributed by atoms with Crippen molar-refractivity contribution in [2.24, 2.45) is 0 Å². The summed E-state index contributed by atoms with van der Waals surface area (Å²) < 4.78 is 15.8. The Labute approximate surface area is 168 Å². The number of benzene rings is 2. The summed E-state index contributed by atoms with van der Waals surface area (Å²) in [7, 11) is 1.57. The summed E-state index contributed by atoms with van der Waals surface area (Å²) >= 11 is 0. The molecular formula is C21H23N3O5. The van der Waals surface area contributed by atoms with Crippen LogP contribution in [0.25, 0.3) is 0 Å². The second-order valence-corrected chi connectivity index (χ2v) is 6.92. The molecule has 8 heteroatoms. The Morgan fingerprint density at radius 2 is 2.03 bits per heavy atom. The molecule has 2 heterocycles. The van der Waals surface area contributed by atoms with E-state index in [0.717, 1.165) is 12.0 Å². The molecule has 2 N–H and O–H groups in total. The molecule has 0 unspecified atom stereocenters. The van der Waals surface area contributed by atoms with Crippen LogP contribution >= 0.6 is 0 Å². The summed E-state index contributed by atoms with van der Waals surface area (Å²) in [5, 5.41) is 5.76. The molecule has 3 amide bonds. The molecule has 0 spiro atoms. The SMILES string of the molecule is COc1cccc(NC(=O)N2CCC[C@@H]2C(=O)NCc2ccc3c(c2)OCO3)c1. The van der Waals surface area contributed by atoms with E-state index in [9.17, 15) is 9.59 Å².